The number of nitrogens with one attached hydrogen (secondary N) is 4. The van der Waals surface area contributed by atoms with Crippen LogP contribution in [0.15, 0.2) is 47.5 Å². The molecule has 11 nitrogen and oxygen atoms in total. The van der Waals surface area contributed by atoms with E-state index in [1.807, 2.05) is 27.0 Å². The van der Waals surface area contributed by atoms with Crippen LogP contribution in [0.5, 0.6) is 5.75 Å². The summed E-state index contributed by atoms with van der Waals surface area (Å²) in [5.74, 6) is 1.73. The molecular weight excluding hydrogens is 590 g/mol. The number of carbonyl (C=O) groups excluding carboxylic acids is 1. The number of anilines is 4. The number of amides is 1. The zero-order valence-electron chi connectivity index (χ0n) is 26.8. The topological polar surface area (TPSA) is 157 Å². The molecule has 1 aliphatic heterocycles. The van der Waals surface area contributed by atoms with E-state index in [1.165, 1.54) is 5.56 Å². The minimum atomic E-state index is -3.54. The Morgan fingerprint density at radius 2 is 1.80 bits per heavy atom. The number of aryl methyl sites for hydroxylation is 2. The van der Waals surface area contributed by atoms with Crippen molar-refractivity contribution in [3.05, 3.63) is 59.3 Å². The van der Waals surface area contributed by atoms with Gasteiger partial charge < -0.3 is 15.8 Å². The van der Waals surface area contributed by atoms with Crippen molar-refractivity contribution in [1.82, 2.24) is 14.9 Å². The number of H-pyrrole nitrogens is 2. The first kappa shape index (κ1) is 32.2. The van der Waals surface area contributed by atoms with Crippen LogP contribution in [0, 0.1) is 13.8 Å². The largest absolute Gasteiger partial charge is 0.488 e. The first-order valence-electron chi connectivity index (χ1n) is 15.4. The zero-order chi connectivity index (χ0) is 32.5. The fraction of sp³-hybridized carbons (Fsp3) is 0.424. The molecule has 0 unspecified atom stereocenters. The van der Waals surface area contributed by atoms with Crippen LogP contribution in [-0.4, -0.2) is 60.2 Å². The van der Waals surface area contributed by atoms with Gasteiger partial charge >= 0.3 is 5.95 Å². The normalized spacial score (nSPS) is 14.8. The molecule has 2 aromatic heterocycles. The Labute approximate surface area is 264 Å². The maximum absolute atomic E-state index is 13.2. The third kappa shape index (κ3) is 7.07. The fourth-order valence-electron chi connectivity index (χ4n) is 5.93. The van der Waals surface area contributed by atoms with Crippen molar-refractivity contribution in [2.75, 3.05) is 30.3 Å². The molecule has 6 N–H and O–H groups in total. The minimum absolute atomic E-state index is 0.0550. The van der Waals surface area contributed by atoms with Crippen molar-refractivity contribution < 1.29 is 22.9 Å². The third-order valence-electron chi connectivity index (χ3n) is 8.24. The van der Waals surface area contributed by atoms with Crippen LogP contribution >= 0.6 is 0 Å². The predicted molar refractivity (Wildman–Crippen MR) is 177 cm³/mol. The van der Waals surface area contributed by atoms with Crippen LogP contribution in [0.2, 0.25) is 0 Å². The Kier molecular flexibility index (Phi) is 9.36. The summed E-state index contributed by atoms with van der Waals surface area (Å²) in [6.07, 6.45) is 3.70. The van der Waals surface area contributed by atoms with Crippen LogP contribution < -0.4 is 26.1 Å². The maximum atomic E-state index is 13.2. The number of ether oxygens (including phenoxy) is 1. The third-order valence-corrected chi connectivity index (χ3v) is 10.4. The number of aromatic amines is 2. The van der Waals surface area contributed by atoms with Gasteiger partial charge in [0.2, 0.25) is 17.4 Å². The number of para-hydroxylation sites is 1. The van der Waals surface area contributed by atoms with Gasteiger partial charge in [0.1, 0.15) is 11.1 Å². The number of nitrogens with two attached hydrogens (primary N) is 1. The molecule has 0 atom stereocenters. The van der Waals surface area contributed by atoms with Gasteiger partial charge in [0, 0.05) is 6.20 Å². The van der Waals surface area contributed by atoms with Crippen molar-refractivity contribution >= 4 is 49.9 Å². The second-order valence-corrected chi connectivity index (χ2v) is 14.9. The van der Waals surface area contributed by atoms with Gasteiger partial charge in [-0.3, -0.25) is 20.0 Å². The molecule has 1 amide bonds. The molecule has 2 aromatic carbocycles. The molecule has 5 rings (SSSR count). The van der Waals surface area contributed by atoms with Gasteiger partial charge in [0.05, 0.1) is 28.5 Å². The average Bonchev–Trinajstić information content (AvgIpc) is 3.35. The molecule has 0 saturated carbocycles. The van der Waals surface area contributed by atoms with Gasteiger partial charge in [-0.05, 0) is 114 Å². The van der Waals surface area contributed by atoms with E-state index in [4.69, 9.17) is 15.5 Å². The molecule has 1 aliphatic rings. The van der Waals surface area contributed by atoms with Gasteiger partial charge in [0.15, 0.2) is 15.6 Å². The fourth-order valence-corrected chi connectivity index (χ4v) is 7.13. The number of hydrogen-bond donors (Lipinski definition) is 4. The Morgan fingerprint density at radius 1 is 1.09 bits per heavy atom. The number of fused-ring (bicyclic) bond motifs is 1. The number of aromatic nitrogens is 3. The molecular formula is C33H44N7O4S+. The van der Waals surface area contributed by atoms with Crippen molar-refractivity contribution in [3.8, 4) is 5.75 Å². The number of benzene rings is 2. The lowest BCUT2D eigenvalue weighted by molar-refractivity contribution is -0.333. The van der Waals surface area contributed by atoms with Gasteiger partial charge in [-0.25, -0.2) is 13.4 Å². The first-order chi connectivity index (χ1) is 21.3. The summed E-state index contributed by atoms with van der Waals surface area (Å²) in [6.45, 7) is 13.3. The molecule has 45 heavy (non-hydrogen) atoms. The molecule has 0 bridgehead atoms. The summed E-state index contributed by atoms with van der Waals surface area (Å²) >= 11 is 0. The van der Waals surface area contributed by atoms with Crippen molar-refractivity contribution in [2.24, 2.45) is 5.73 Å². The van der Waals surface area contributed by atoms with E-state index in [9.17, 15) is 13.2 Å². The summed E-state index contributed by atoms with van der Waals surface area (Å²) in [7, 11) is -3.54. The number of rotatable bonds is 11. The summed E-state index contributed by atoms with van der Waals surface area (Å²) in [6, 6.07) is 11.1. The number of sulfone groups is 1. The van der Waals surface area contributed by atoms with Crippen molar-refractivity contribution in [3.63, 3.8) is 0 Å². The first-order valence-corrected chi connectivity index (χ1v) is 17.0. The molecule has 0 radical (unpaired) electrons. The summed E-state index contributed by atoms with van der Waals surface area (Å²) in [5, 5.41) is 7.01. The van der Waals surface area contributed by atoms with Gasteiger partial charge in [-0.15, -0.1) is 0 Å². The molecule has 3 heterocycles. The highest BCUT2D eigenvalue weighted by Crippen LogP contribution is 2.38. The Balaban J connectivity index is 1.50. The van der Waals surface area contributed by atoms with E-state index >= 15 is 0 Å². The van der Waals surface area contributed by atoms with E-state index in [-0.39, 0.29) is 16.9 Å². The second-order valence-electron chi connectivity index (χ2n) is 12.4. The predicted octanol–water partition coefficient (Wildman–Crippen LogP) is 5.12. The number of hydrogen-bond acceptors (Lipinski definition) is 8. The SMILES string of the molecule is Cc1cc(Nc2nc(Nc3ccccc3S(=O)(=O)C(C)C)c3c(C)c[nH]c3[nH+]2)c(OC(C)C)cc1C1CCN(CC(N)=O)CC1. The van der Waals surface area contributed by atoms with Crippen LogP contribution in [0.4, 0.5) is 23.1 Å². The molecule has 240 valence electrons. The van der Waals surface area contributed by atoms with Crippen LogP contribution in [0.25, 0.3) is 11.0 Å². The Hall–Kier alpha value is -4.16. The van der Waals surface area contributed by atoms with E-state index in [0.29, 0.717) is 35.7 Å². The summed E-state index contributed by atoms with van der Waals surface area (Å²) in [4.78, 5) is 25.2. The number of primary amides is 1. The van der Waals surface area contributed by atoms with E-state index in [0.717, 1.165) is 53.8 Å². The zero-order valence-corrected chi connectivity index (χ0v) is 27.6. The van der Waals surface area contributed by atoms with Gasteiger partial charge in [-0.1, -0.05) is 17.1 Å². The number of carbonyl (C=O) groups is 1. The summed E-state index contributed by atoms with van der Waals surface area (Å²) in [5.41, 5.74) is 10.7. The highest BCUT2D eigenvalue weighted by molar-refractivity contribution is 7.92. The van der Waals surface area contributed by atoms with E-state index < -0.39 is 15.1 Å². The van der Waals surface area contributed by atoms with Gasteiger partial charge in [-0.2, -0.15) is 0 Å². The molecule has 0 aliphatic carbocycles. The smallest absolute Gasteiger partial charge is 0.351 e. The van der Waals surface area contributed by atoms with Crippen molar-refractivity contribution in [1.29, 1.82) is 0 Å². The quantitative estimate of drug-likeness (QED) is 0.177. The monoisotopic (exact) mass is 634 g/mol. The molecule has 4 aromatic rings. The highest BCUT2D eigenvalue weighted by Gasteiger charge is 2.27. The van der Waals surface area contributed by atoms with E-state index in [2.05, 4.69) is 44.6 Å². The Morgan fingerprint density at radius 3 is 2.47 bits per heavy atom. The Bertz CT molecular complexity index is 1810. The lowest BCUT2D eigenvalue weighted by atomic mass is 9.86. The van der Waals surface area contributed by atoms with Gasteiger partial charge in [0.25, 0.3) is 0 Å². The number of nitrogens with zero attached hydrogens (tertiary/aromatic N) is 2. The van der Waals surface area contributed by atoms with Crippen LogP contribution in [0.1, 0.15) is 63.1 Å². The van der Waals surface area contributed by atoms with Crippen molar-refractivity contribution in [2.45, 2.75) is 76.6 Å². The highest BCUT2D eigenvalue weighted by atomic mass is 32.2. The summed E-state index contributed by atoms with van der Waals surface area (Å²) < 4.78 is 32.6. The lowest BCUT2D eigenvalue weighted by Crippen LogP contribution is -2.39. The average molecular weight is 635 g/mol. The second kappa shape index (κ2) is 13.1. The maximum Gasteiger partial charge on any atom is 0.351 e. The molecule has 12 heteroatoms. The molecule has 1 saturated heterocycles. The van der Waals surface area contributed by atoms with E-state index in [1.54, 1.807) is 38.1 Å². The number of piperidine rings is 1. The molecule has 1 fully saturated rings. The minimum Gasteiger partial charge on any atom is -0.488 e. The van der Waals surface area contributed by atoms with Crippen LogP contribution in [-0.2, 0) is 14.6 Å². The number of likely N-dealkylation sites (tertiary alicyclic amines) is 1. The standard InChI is InChI=1S/C33H43N7O4S/c1-19(2)44-27-16-24(23-11-13-40(14-12-23)18-29(34)41)21(5)15-26(27)37-33-38-31-30(22(6)17-35-31)32(39-33)36-25-9-7-8-10-28(25)45(42,43)20(3)4/h7-10,15-17,19-20,23H,11-14,18H2,1-6H3,(H2,34,41)(H3,35,36,37,38,39)/p+1. The lowest BCUT2D eigenvalue weighted by Gasteiger charge is -2.32. The molecule has 0 spiro atoms. The van der Waals surface area contributed by atoms with Crippen LogP contribution in [0.3, 0.4) is 0 Å².